The van der Waals surface area contributed by atoms with Crippen LogP contribution in [0.25, 0.3) is 33.5 Å². The van der Waals surface area contributed by atoms with Gasteiger partial charge in [0.15, 0.2) is 0 Å². The molecule has 4 aromatic rings. The number of pyridine rings is 1. The SMILES string of the molecule is NS(=O)(=O)c1c(SC2CNC2)ccc(-c2cncc3[nH]c(=O)[nH]c23)c1-c1nn[nH]n1. The van der Waals surface area contributed by atoms with Crippen LogP contribution in [0, 0.1) is 0 Å². The van der Waals surface area contributed by atoms with Gasteiger partial charge in [-0.2, -0.15) is 5.21 Å². The Labute approximate surface area is 173 Å². The normalized spacial score (nSPS) is 14.8. The topological polar surface area (TPSA) is 188 Å². The van der Waals surface area contributed by atoms with Crippen molar-refractivity contribution in [1.29, 1.82) is 0 Å². The first-order valence-corrected chi connectivity index (χ1v) is 11.2. The van der Waals surface area contributed by atoms with Crippen LogP contribution >= 0.6 is 11.8 Å². The van der Waals surface area contributed by atoms with Crippen LogP contribution in [0.15, 0.2) is 39.1 Å². The van der Waals surface area contributed by atoms with Crippen molar-refractivity contribution in [3.8, 4) is 22.5 Å². The van der Waals surface area contributed by atoms with Crippen molar-refractivity contribution in [1.82, 2.24) is 40.9 Å². The summed E-state index contributed by atoms with van der Waals surface area (Å²) in [6.45, 7) is 1.53. The van der Waals surface area contributed by atoms with E-state index in [1.807, 2.05) is 0 Å². The summed E-state index contributed by atoms with van der Waals surface area (Å²) in [7, 11) is -4.16. The number of primary sulfonamides is 1. The number of imidazole rings is 1. The number of fused-ring (bicyclic) bond motifs is 1. The monoisotopic (exact) mass is 445 g/mol. The molecule has 0 radical (unpaired) electrons. The number of nitrogens with two attached hydrogens (primary N) is 1. The van der Waals surface area contributed by atoms with Gasteiger partial charge in [-0.15, -0.1) is 22.0 Å². The molecule has 0 saturated carbocycles. The van der Waals surface area contributed by atoms with Gasteiger partial charge in [0.25, 0.3) is 0 Å². The van der Waals surface area contributed by atoms with E-state index in [4.69, 9.17) is 5.14 Å². The van der Waals surface area contributed by atoms with Gasteiger partial charge in [-0.3, -0.25) is 4.98 Å². The molecule has 0 spiro atoms. The minimum Gasteiger partial charge on any atom is -0.314 e. The highest BCUT2D eigenvalue weighted by Gasteiger charge is 2.30. The lowest BCUT2D eigenvalue weighted by molar-refractivity contribution is 0.543. The van der Waals surface area contributed by atoms with Crippen LogP contribution in [0.4, 0.5) is 0 Å². The second-order valence-corrected chi connectivity index (χ2v) is 9.52. The summed E-state index contributed by atoms with van der Waals surface area (Å²) in [5.74, 6) is 0.0677. The molecule has 30 heavy (non-hydrogen) atoms. The van der Waals surface area contributed by atoms with Gasteiger partial charge in [0.05, 0.1) is 22.8 Å². The van der Waals surface area contributed by atoms with Crippen LogP contribution in [-0.4, -0.2) is 62.3 Å². The maximum absolute atomic E-state index is 12.7. The zero-order valence-corrected chi connectivity index (χ0v) is 16.8. The van der Waals surface area contributed by atoms with Gasteiger partial charge in [0.2, 0.25) is 15.8 Å². The smallest absolute Gasteiger partial charge is 0.314 e. The largest absolute Gasteiger partial charge is 0.323 e. The number of aromatic amines is 3. The second kappa shape index (κ2) is 7.02. The number of sulfonamides is 1. The molecule has 0 atom stereocenters. The fourth-order valence-electron chi connectivity index (χ4n) is 3.34. The molecular formula is C16H15N9O3S2. The van der Waals surface area contributed by atoms with Crippen molar-refractivity contribution in [2.24, 2.45) is 5.14 Å². The van der Waals surface area contributed by atoms with Gasteiger partial charge >= 0.3 is 5.69 Å². The Morgan fingerprint density at radius 3 is 2.63 bits per heavy atom. The summed E-state index contributed by atoms with van der Waals surface area (Å²) in [4.78, 5) is 21.7. The lowest BCUT2D eigenvalue weighted by Gasteiger charge is -2.27. The molecule has 1 fully saturated rings. The molecule has 0 aliphatic carbocycles. The Hall–Kier alpha value is -3.07. The summed E-state index contributed by atoms with van der Waals surface area (Å²) in [5.41, 5.74) is 1.69. The molecule has 5 rings (SSSR count). The number of aromatic nitrogens is 7. The van der Waals surface area contributed by atoms with Crippen molar-refractivity contribution < 1.29 is 8.42 Å². The molecule has 1 aromatic carbocycles. The minimum absolute atomic E-state index is 0.0677. The van der Waals surface area contributed by atoms with E-state index in [1.54, 1.807) is 12.1 Å². The molecule has 154 valence electrons. The lowest BCUT2D eigenvalue weighted by atomic mass is 9.99. The number of H-pyrrole nitrogens is 3. The zero-order valence-electron chi connectivity index (χ0n) is 15.2. The van der Waals surface area contributed by atoms with Crippen molar-refractivity contribution in [2.45, 2.75) is 15.0 Å². The van der Waals surface area contributed by atoms with Crippen LogP contribution in [0.5, 0.6) is 0 Å². The van der Waals surface area contributed by atoms with E-state index < -0.39 is 15.7 Å². The number of nitrogens with zero attached hydrogens (tertiary/aromatic N) is 4. The van der Waals surface area contributed by atoms with E-state index in [0.717, 1.165) is 13.1 Å². The first-order valence-electron chi connectivity index (χ1n) is 8.79. The van der Waals surface area contributed by atoms with Gasteiger partial charge in [0.1, 0.15) is 4.90 Å². The Bertz CT molecular complexity index is 1410. The number of rotatable bonds is 5. The summed E-state index contributed by atoms with van der Waals surface area (Å²) in [6.07, 6.45) is 3.03. The van der Waals surface area contributed by atoms with Crippen LogP contribution in [0.1, 0.15) is 0 Å². The highest BCUT2D eigenvalue weighted by atomic mass is 32.2. The molecule has 1 aliphatic heterocycles. The highest BCUT2D eigenvalue weighted by Crippen LogP contribution is 2.42. The lowest BCUT2D eigenvalue weighted by Crippen LogP contribution is -2.44. The van der Waals surface area contributed by atoms with E-state index in [-0.39, 0.29) is 21.5 Å². The summed E-state index contributed by atoms with van der Waals surface area (Å²) in [6, 6.07) is 3.45. The Morgan fingerprint density at radius 1 is 1.13 bits per heavy atom. The van der Waals surface area contributed by atoms with E-state index in [9.17, 15) is 13.2 Å². The number of benzene rings is 1. The zero-order chi connectivity index (χ0) is 20.9. The van der Waals surface area contributed by atoms with Crippen molar-refractivity contribution >= 4 is 32.8 Å². The molecule has 14 heteroatoms. The van der Waals surface area contributed by atoms with E-state index in [1.165, 1.54) is 24.2 Å². The van der Waals surface area contributed by atoms with Crippen molar-refractivity contribution in [3.05, 3.63) is 35.0 Å². The molecule has 1 saturated heterocycles. The summed E-state index contributed by atoms with van der Waals surface area (Å²) >= 11 is 1.42. The predicted molar refractivity (Wildman–Crippen MR) is 109 cm³/mol. The number of nitrogens with one attached hydrogen (secondary N) is 4. The molecule has 0 unspecified atom stereocenters. The molecule has 0 bridgehead atoms. The molecule has 1 aliphatic rings. The molecular weight excluding hydrogens is 430 g/mol. The van der Waals surface area contributed by atoms with Crippen molar-refractivity contribution in [2.75, 3.05) is 13.1 Å². The van der Waals surface area contributed by atoms with Crippen LogP contribution < -0.4 is 16.1 Å². The third kappa shape index (κ3) is 3.19. The molecule has 12 nitrogen and oxygen atoms in total. The van der Waals surface area contributed by atoms with E-state index in [0.29, 0.717) is 27.1 Å². The fourth-order valence-corrected chi connectivity index (χ4v) is 5.78. The molecule has 0 amide bonds. The van der Waals surface area contributed by atoms with Gasteiger partial charge in [-0.05, 0) is 16.8 Å². The Kier molecular flexibility index (Phi) is 4.43. The first-order chi connectivity index (χ1) is 14.4. The van der Waals surface area contributed by atoms with Gasteiger partial charge in [0, 0.05) is 35.0 Å². The van der Waals surface area contributed by atoms with Crippen LogP contribution in [-0.2, 0) is 10.0 Å². The number of hydrogen-bond acceptors (Lipinski definition) is 9. The third-order valence-electron chi connectivity index (χ3n) is 4.74. The summed E-state index contributed by atoms with van der Waals surface area (Å²) < 4.78 is 25.4. The number of thioether (sulfide) groups is 1. The van der Waals surface area contributed by atoms with Crippen molar-refractivity contribution in [3.63, 3.8) is 0 Å². The molecule has 6 N–H and O–H groups in total. The Balaban J connectivity index is 1.84. The van der Waals surface area contributed by atoms with E-state index >= 15 is 0 Å². The van der Waals surface area contributed by atoms with E-state index in [2.05, 4.69) is 40.9 Å². The number of tetrazole rings is 1. The quantitative estimate of drug-likeness (QED) is 0.277. The first kappa shape index (κ1) is 18.9. The molecule has 4 heterocycles. The average Bonchev–Trinajstić information content (AvgIpc) is 3.31. The second-order valence-electron chi connectivity index (χ2n) is 6.68. The Morgan fingerprint density at radius 2 is 1.97 bits per heavy atom. The average molecular weight is 445 g/mol. The highest BCUT2D eigenvalue weighted by molar-refractivity contribution is 8.00. The third-order valence-corrected chi connectivity index (χ3v) is 7.12. The summed E-state index contributed by atoms with van der Waals surface area (Å²) in [5, 5.41) is 22.9. The fraction of sp³-hybridized carbons (Fsp3) is 0.188. The maximum Gasteiger partial charge on any atom is 0.323 e. The minimum atomic E-state index is -4.16. The van der Waals surface area contributed by atoms with Gasteiger partial charge in [-0.25, -0.2) is 18.4 Å². The maximum atomic E-state index is 12.7. The van der Waals surface area contributed by atoms with Gasteiger partial charge in [-0.1, -0.05) is 6.07 Å². The predicted octanol–water partition coefficient (Wildman–Crippen LogP) is -0.190. The standard InChI is InChI=1S/C16H15N9O3S2/c17-30(27,28)14-11(29-7-3-18-4-7)2-1-8(12(14)15-22-24-25-23-15)9-5-19-6-10-13(9)21-16(26)20-10/h1-2,5-7,18H,3-4H2,(H2,17,27,28)(H2,20,21,26)(H,22,23,24,25). The van der Waals surface area contributed by atoms with Crippen LogP contribution in [0.3, 0.4) is 0 Å². The number of hydrogen-bond donors (Lipinski definition) is 5. The van der Waals surface area contributed by atoms with Gasteiger partial charge < -0.3 is 15.3 Å². The molecule has 3 aromatic heterocycles. The van der Waals surface area contributed by atoms with Crippen LogP contribution in [0.2, 0.25) is 0 Å².